The Morgan fingerprint density at radius 3 is 2.71 bits per heavy atom. The van der Waals surface area contributed by atoms with Crippen molar-refractivity contribution in [3.63, 3.8) is 0 Å². The number of hydrogen-bond acceptors (Lipinski definition) is 3. The van der Waals surface area contributed by atoms with Crippen molar-refractivity contribution in [2.75, 3.05) is 20.6 Å². The van der Waals surface area contributed by atoms with Gasteiger partial charge in [0.05, 0.1) is 5.60 Å². The number of nitrogens with zero attached hydrogens (tertiary/aromatic N) is 1. The first-order chi connectivity index (χ1) is 10.0. The summed E-state index contributed by atoms with van der Waals surface area (Å²) in [5, 5.41) is 14.9. The summed E-state index contributed by atoms with van der Waals surface area (Å²) < 4.78 is 1.38. The fraction of sp³-hybridized carbons (Fsp3) is 0.556. The van der Waals surface area contributed by atoms with Gasteiger partial charge in [0.1, 0.15) is 0 Å². The normalized spacial score (nSPS) is 27.0. The summed E-state index contributed by atoms with van der Waals surface area (Å²) in [5.74, 6) is 0. The van der Waals surface area contributed by atoms with E-state index in [1.54, 1.807) is 0 Å². The van der Waals surface area contributed by atoms with E-state index in [1.165, 1.54) is 34.1 Å². The average molecular weight is 301 g/mol. The molecule has 1 unspecified atom stereocenters. The van der Waals surface area contributed by atoms with Gasteiger partial charge in [-0.05, 0) is 73.5 Å². The van der Waals surface area contributed by atoms with Crippen LogP contribution in [0.4, 0.5) is 0 Å². The summed E-state index contributed by atoms with van der Waals surface area (Å²) in [7, 11) is 4.25. The first kappa shape index (κ1) is 13.7. The second-order valence-corrected chi connectivity index (χ2v) is 8.15. The molecule has 2 nitrogen and oxygen atoms in total. The molecular weight excluding hydrogens is 278 g/mol. The van der Waals surface area contributed by atoms with Crippen molar-refractivity contribution in [2.45, 2.75) is 43.1 Å². The highest BCUT2D eigenvalue weighted by atomic mass is 32.1. The van der Waals surface area contributed by atoms with E-state index in [1.807, 2.05) is 11.3 Å². The topological polar surface area (TPSA) is 23.5 Å². The number of hydrogen-bond donors (Lipinski definition) is 1. The number of benzene rings is 1. The van der Waals surface area contributed by atoms with E-state index >= 15 is 0 Å². The van der Waals surface area contributed by atoms with Gasteiger partial charge in [0.15, 0.2) is 0 Å². The minimum atomic E-state index is -0.506. The van der Waals surface area contributed by atoms with Crippen LogP contribution in [0.25, 0.3) is 10.1 Å². The maximum absolute atomic E-state index is 11.4. The molecule has 0 bridgehead atoms. The van der Waals surface area contributed by atoms with Crippen LogP contribution in [-0.4, -0.2) is 36.2 Å². The Bertz CT molecular complexity index is 684. The van der Waals surface area contributed by atoms with Gasteiger partial charge in [-0.25, -0.2) is 0 Å². The third kappa shape index (κ3) is 1.84. The van der Waals surface area contributed by atoms with Crippen LogP contribution in [0.5, 0.6) is 0 Å². The molecule has 21 heavy (non-hydrogen) atoms. The summed E-state index contributed by atoms with van der Waals surface area (Å²) in [4.78, 5) is 2.25. The maximum atomic E-state index is 11.4. The lowest BCUT2D eigenvalue weighted by atomic mass is 9.54. The second-order valence-electron chi connectivity index (χ2n) is 7.20. The van der Waals surface area contributed by atoms with Crippen molar-refractivity contribution < 1.29 is 5.11 Å². The summed E-state index contributed by atoms with van der Waals surface area (Å²) in [6, 6.07) is 6.91. The summed E-state index contributed by atoms with van der Waals surface area (Å²) in [6.45, 7) is 0.951. The van der Waals surface area contributed by atoms with Gasteiger partial charge in [0, 0.05) is 16.7 Å². The van der Waals surface area contributed by atoms with E-state index in [0.717, 1.165) is 25.8 Å². The van der Waals surface area contributed by atoms with Gasteiger partial charge in [-0.2, -0.15) is 0 Å². The van der Waals surface area contributed by atoms with E-state index in [4.69, 9.17) is 0 Å². The number of aliphatic hydroxyl groups is 1. The van der Waals surface area contributed by atoms with Crippen molar-refractivity contribution in [3.05, 3.63) is 34.7 Å². The molecule has 3 heteroatoms. The molecule has 2 aliphatic carbocycles. The van der Waals surface area contributed by atoms with Crippen molar-refractivity contribution in [2.24, 2.45) is 0 Å². The van der Waals surface area contributed by atoms with Gasteiger partial charge in [-0.15, -0.1) is 11.3 Å². The smallest absolute Gasteiger partial charge is 0.0759 e. The quantitative estimate of drug-likeness (QED) is 0.937. The molecule has 112 valence electrons. The maximum Gasteiger partial charge on any atom is 0.0759 e. The van der Waals surface area contributed by atoms with E-state index in [2.05, 4.69) is 42.6 Å². The van der Waals surface area contributed by atoms with Crippen LogP contribution in [0.1, 0.15) is 36.8 Å². The lowest BCUT2D eigenvalue weighted by molar-refractivity contribution is -0.0562. The number of rotatable bonds is 3. The molecule has 2 aliphatic rings. The van der Waals surface area contributed by atoms with E-state index in [-0.39, 0.29) is 5.41 Å². The zero-order chi connectivity index (χ0) is 14.7. The molecule has 2 aromatic rings. The first-order valence-corrected chi connectivity index (χ1v) is 8.80. The summed E-state index contributed by atoms with van der Waals surface area (Å²) in [5.41, 5.74) is 2.30. The van der Waals surface area contributed by atoms with Gasteiger partial charge in [-0.1, -0.05) is 12.8 Å². The minimum absolute atomic E-state index is 0.0571. The molecule has 4 rings (SSSR count). The van der Waals surface area contributed by atoms with Crippen LogP contribution in [0.2, 0.25) is 0 Å². The third-order valence-corrected chi connectivity index (χ3v) is 6.47. The Morgan fingerprint density at radius 2 is 2.00 bits per heavy atom. The first-order valence-electron chi connectivity index (χ1n) is 7.92. The Morgan fingerprint density at radius 1 is 1.24 bits per heavy atom. The van der Waals surface area contributed by atoms with Crippen molar-refractivity contribution in [1.29, 1.82) is 0 Å². The summed E-state index contributed by atoms with van der Waals surface area (Å²) in [6.07, 6.45) is 5.29. The zero-order valence-corrected chi connectivity index (χ0v) is 13.7. The highest BCUT2D eigenvalue weighted by Gasteiger charge is 2.58. The lowest BCUT2D eigenvalue weighted by Crippen LogP contribution is -2.61. The average Bonchev–Trinajstić information content (AvgIpc) is 3.04. The molecule has 1 saturated carbocycles. The fourth-order valence-corrected chi connectivity index (χ4v) is 5.47. The molecule has 1 fully saturated rings. The Hall–Kier alpha value is -0.900. The third-order valence-electron chi connectivity index (χ3n) is 5.59. The molecule has 0 radical (unpaired) electrons. The molecule has 1 N–H and O–H groups in total. The summed E-state index contributed by atoms with van der Waals surface area (Å²) >= 11 is 1.82. The van der Waals surface area contributed by atoms with Crippen LogP contribution >= 0.6 is 11.3 Å². The number of likely N-dealkylation sites (N-methyl/N-ethyl adjacent to an activating group) is 1. The molecule has 1 aromatic carbocycles. The van der Waals surface area contributed by atoms with Gasteiger partial charge >= 0.3 is 0 Å². The van der Waals surface area contributed by atoms with Crippen molar-refractivity contribution in [3.8, 4) is 0 Å². The molecule has 1 atom stereocenters. The van der Waals surface area contributed by atoms with Crippen LogP contribution in [0.3, 0.4) is 0 Å². The van der Waals surface area contributed by atoms with Gasteiger partial charge in [0.2, 0.25) is 0 Å². The molecule has 1 heterocycles. The molecule has 0 saturated heterocycles. The molecule has 0 aliphatic heterocycles. The number of thiophene rings is 1. The molecular formula is C18H23NOS. The van der Waals surface area contributed by atoms with Crippen molar-refractivity contribution in [1.82, 2.24) is 4.90 Å². The largest absolute Gasteiger partial charge is 0.389 e. The highest BCUT2D eigenvalue weighted by molar-refractivity contribution is 7.17. The van der Waals surface area contributed by atoms with E-state index in [9.17, 15) is 5.11 Å². The monoisotopic (exact) mass is 301 g/mol. The minimum Gasteiger partial charge on any atom is -0.389 e. The van der Waals surface area contributed by atoms with Gasteiger partial charge < -0.3 is 10.0 Å². The van der Waals surface area contributed by atoms with Crippen LogP contribution in [0, 0.1) is 0 Å². The Labute approximate surface area is 130 Å². The van der Waals surface area contributed by atoms with E-state index in [0.29, 0.717) is 0 Å². The van der Waals surface area contributed by atoms with Crippen molar-refractivity contribution >= 4 is 21.4 Å². The van der Waals surface area contributed by atoms with Gasteiger partial charge in [0.25, 0.3) is 0 Å². The molecule has 0 spiro atoms. The Balaban J connectivity index is 1.85. The molecule has 1 aromatic heterocycles. The van der Waals surface area contributed by atoms with Crippen LogP contribution in [0.15, 0.2) is 23.6 Å². The predicted molar refractivity (Wildman–Crippen MR) is 89.2 cm³/mol. The van der Waals surface area contributed by atoms with Crippen LogP contribution in [-0.2, 0) is 11.8 Å². The second kappa shape index (κ2) is 4.55. The lowest BCUT2D eigenvalue weighted by Gasteiger charge is -2.54. The zero-order valence-electron chi connectivity index (χ0n) is 12.9. The van der Waals surface area contributed by atoms with Gasteiger partial charge in [-0.3, -0.25) is 0 Å². The highest BCUT2D eigenvalue weighted by Crippen LogP contribution is 2.55. The Kier molecular flexibility index (Phi) is 2.97. The predicted octanol–water partition coefficient (Wildman–Crippen LogP) is 3.56. The fourth-order valence-electron chi connectivity index (χ4n) is 4.64. The SMILES string of the molecule is CN(C)CC1(C2(O)CCCC2)Cc2cc3sccc3cc21. The van der Waals surface area contributed by atoms with Crippen LogP contribution < -0.4 is 0 Å². The number of fused-ring (bicyclic) bond motifs is 2. The molecule has 0 amide bonds. The van der Waals surface area contributed by atoms with E-state index < -0.39 is 5.60 Å². The standard InChI is InChI=1S/C18H23NOS/c1-19(2)12-17(18(20)6-3-4-7-18)11-14-10-16-13(5-8-21-16)9-15(14)17/h5,8-10,20H,3-4,6-7,11-12H2,1-2H3.